The first kappa shape index (κ1) is 18.2. The van der Waals surface area contributed by atoms with Crippen LogP contribution in [-0.2, 0) is 5.75 Å². The fraction of sp³-hybridized carbons (Fsp3) is 0.143. The monoisotopic (exact) mass is 390 g/mol. The van der Waals surface area contributed by atoms with E-state index in [1.807, 2.05) is 56.3 Å². The van der Waals surface area contributed by atoms with Crippen LogP contribution < -0.4 is 11.2 Å². The Morgan fingerprint density at radius 2 is 1.75 bits per heavy atom. The molecular weight excluding hydrogens is 372 g/mol. The van der Waals surface area contributed by atoms with Gasteiger partial charge in [0.2, 0.25) is 0 Å². The molecule has 1 N–H and O–H groups in total. The average Bonchev–Trinajstić information content (AvgIpc) is 2.67. The van der Waals surface area contributed by atoms with Crippen molar-refractivity contribution in [3.63, 3.8) is 0 Å². The van der Waals surface area contributed by atoms with Crippen molar-refractivity contribution in [2.24, 2.45) is 0 Å². The van der Waals surface area contributed by atoms with Gasteiger partial charge in [0.1, 0.15) is 10.9 Å². The van der Waals surface area contributed by atoms with Gasteiger partial charge in [-0.1, -0.05) is 42.1 Å². The first-order valence-electron chi connectivity index (χ1n) is 8.80. The van der Waals surface area contributed by atoms with E-state index in [1.165, 1.54) is 11.8 Å². The minimum Gasteiger partial charge on any atom is -0.313 e. The van der Waals surface area contributed by atoms with Crippen molar-refractivity contribution in [3.05, 3.63) is 92.5 Å². The predicted octanol–water partition coefficient (Wildman–Crippen LogP) is 3.38. The van der Waals surface area contributed by atoms with Crippen molar-refractivity contribution in [2.45, 2.75) is 24.6 Å². The van der Waals surface area contributed by atoms with Crippen LogP contribution in [-0.4, -0.2) is 19.5 Å². The summed E-state index contributed by atoms with van der Waals surface area (Å²) in [7, 11) is 0. The summed E-state index contributed by atoms with van der Waals surface area (Å²) >= 11 is 1.37. The van der Waals surface area contributed by atoms with Crippen molar-refractivity contribution < 1.29 is 0 Å². The van der Waals surface area contributed by atoms with Crippen LogP contribution in [0, 0.1) is 13.8 Å². The van der Waals surface area contributed by atoms with Crippen LogP contribution in [0.1, 0.15) is 17.0 Å². The quantitative estimate of drug-likeness (QED) is 0.427. The Balaban J connectivity index is 1.91. The molecule has 0 spiro atoms. The molecule has 0 saturated heterocycles. The van der Waals surface area contributed by atoms with Gasteiger partial charge in [-0.3, -0.25) is 9.36 Å². The molecule has 28 heavy (non-hydrogen) atoms. The van der Waals surface area contributed by atoms with Crippen molar-refractivity contribution in [3.8, 4) is 5.69 Å². The number of H-pyrrole nitrogens is 1. The second kappa shape index (κ2) is 7.44. The van der Waals surface area contributed by atoms with Gasteiger partial charge in [0.25, 0.3) is 5.56 Å². The lowest BCUT2D eigenvalue weighted by molar-refractivity contribution is 0.874. The molecule has 7 heteroatoms. The van der Waals surface area contributed by atoms with E-state index < -0.39 is 5.69 Å². The van der Waals surface area contributed by atoms with Crippen LogP contribution in [0.15, 0.2) is 69.3 Å². The summed E-state index contributed by atoms with van der Waals surface area (Å²) in [6, 6.07) is 15.1. The van der Waals surface area contributed by atoms with E-state index in [0.29, 0.717) is 27.5 Å². The third kappa shape index (κ3) is 3.36. The SMILES string of the molecule is Cc1ccccc1-n1c(CSc2cc[nH]c(=O)n2)nc2cccc(C)c2c1=O. The molecule has 6 nitrogen and oxygen atoms in total. The number of rotatable bonds is 4. The number of aromatic amines is 1. The van der Waals surface area contributed by atoms with Crippen molar-refractivity contribution in [2.75, 3.05) is 0 Å². The van der Waals surface area contributed by atoms with Gasteiger partial charge in [0.15, 0.2) is 0 Å². The summed E-state index contributed by atoms with van der Waals surface area (Å²) in [5.74, 6) is 1.02. The van der Waals surface area contributed by atoms with Crippen LogP contribution in [0.3, 0.4) is 0 Å². The number of para-hydroxylation sites is 1. The number of hydrogen-bond donors (Lipinski definition) is 1. The van der Waals surface area contributed by atoms with E-state index in [4.69, 9.17) is 4.98 Å². The van der Waals surface area contributed by atoms with Crippen LogP contribution in [0.25, 0.3) is 16.6 Å². The van der Waals surface area contributed by atoms with Crippen molar-refractivity contribution in [1.29, 1.82) is 0 Å². The van der Waals surface area contributed by atoms with E-state index in [2.05, 4.69) is 9.97 Å². The topological polar surface area (TPSA) is 80.6 Å². The molecule has 140 valence electrons. The molecule has 0 saturated carbocycles. The maximum Gasteiger partial charge on any atom is 0.345 e. The molecule has 0 amide bonds. The van der Waals surface area contributed by atoms with Gasteiger partial charge in [-0.2, -0.15) is 4.98 Å². The molecule has 0 unspecified atom stereocenters. The minimum absolute atomic E-state index is 0.0909. The van der Waals surface area contributed by atoms with E-state index in [1.54, 1.807) is 16.8 Å². The molecular formula is C21H18N4O2S. The summed E-state index contributed by atoms with van der Waals surface area (Å²) in [4.78, 5) is 36.1. The molecule has 0 bridgehead atoms. The Morgan fingerprint density at radius 3 is 2.54 bits per heavy atom. The van der Waals surface area contributed by atoms with Gasteiger partial charge in [0.05, 0.1) is 22.3 Å². The number of aryl methyl sites for hydroxylation is 2. The first-order valence-corrected chi connectivity index (χ1v) is 9.79. The molecule has 0 atom stereocenters. The number of nitrogens with zero attached hydrogens (tertiary/aromatic N) is 3. The third-order valence-corrected chi connectivity index (χ3v) is 5.45. The zero-order chi connectivity index (χ0) is 19.7. The zero-order valence-corrected chi connectivity index (χ0v) is 16.3. The smallest absolute Gasteiger partial charge is 0.313 e. The van der Waals surface area contributed by atoms with Crippen LogP contribution in [0.4, 0.5) is 0 Å². The highest BCUT2D eigenvalue weighted by Crippen LogP contribution is 2.23. The van der Waals surface area contributed by atoms with Crippen LogP contribution in [0.2, 0.25) is 0 Å². The molecule has 0 fully saturated rings. The second-order valence-electron chi connectivity index (χ2n) is 6.45. The van der Waals surface area contributed by atoms with Gasteiger partial charge in [-0.05, 0) is 43.2 Å². The zero-order valence-electron chi connectivity index (χ0n) is 15.5. The number of thioether (sulfide) groups is 1. The molecule has 2 heterocycles. The lowest BCUT2D eigenvalue weighted by atomic mass is 10.1. The van der Waals surface area contributed by atoms with Gasteiger partial charge in [0, 0.05) is 6.20 Å². The van der Waals surface area contributed by atoms with Crippen molar-refractivity contribution in [1.82, 2.24) is 19.5 Å². The second-order valence-corrected chi connectivity index (χ2v) is 7.44. The van der Waals surface area contributed by atoms with Crippen LogP contribution >= 0.6 is 11.8 Å². The summed E-state index contributed by atoms with van der Waals surface area (Å²) < 4.78 is 1.67. The fourth-order valence-electron chi connectivity index (χ4n) is 3.17. The number of benzene rings is 2. The van der Waals surface area contributed by atoms with Crippen molar-refractivity contribution >= 4 is 22.7 Å². The lowest BCUT2D eigenvalue weighted by Gasteiger charge is -2.16. The minimum atomic E-state index is -0.400. The van der Waals surface area contributed by atoms with E-state index >= 15 is 0 Å². The van der Waals surface area contributed by atoms with Gasteiger partial charge >= 0.3 is 5.69 Å². The molecule has 2 aromatic heterocycles. The van der Waals surface area contributed by atoms with E-state index in [0.717, 1.165) is 16.8 Å². The maximum atomic E-state index is 13.4. The molecule has 4 rings (SSSR count). The standard InChI is InChI=1S/C21H18N4O2S/c1-13-6-3-4-9-16(13)25-17(12-28-18-10-11-22-21(27)24-18)23-15-8-5-7-14(2)19(15)20(25)26/h3-11H,12H2,1-2H3,(H,22,24,27). The summed E-state index contributed by atoms with van der Waals surface area (Å²) in [6.45, 7) is 3.89. The largest absolute Gasteiger partial charge is 0.345 e. The third-order valence-electron chi connectivity index (χ3n) is 4.53. The Labute approximate surface area is 165 Å². The van der Waals surface area contributed by atoms with E-state index in [-0.39, 0.29) is 5.56 Å². The highest BCUT2D eigenvalue weighted by molar-refractivity contribution is 7.98. The highest BCUT2D eigenvalue weighted by Gasteiger charge is 2.16. The number of nitrogens with one attached hydrogen (secondary N) is 1. The lowest BCUT2D eigenvalue weighted by Crippen LogP contribution is -2.25. The Kier molecular flexibility index (Phi) is 4.83. The highest BCUT2D eigenvalue weighted by atomic mass is 32.2. The summed E-state index contributed by atoms with van der Waals surface area (Å²) in [6.07, 6.45) is 1.56. The molecule has 0 aliphatic rings. The molecule has 2 aromatic carbocycles. The van der Waals surface area contributed by atoms with Crippen LogP contribution in [0.5, 0.6) is 0 Å². The molecule has 0 aliphatic heterocycles. The van der Waals surface area contributed by atoms with Gasteiger partial charge < -0.3 is 4.98 Å². The Bertz CT molecular complexity index is 1290. The Morgan fingerprint density at radius 1 is 0.964 bits per heavy atom. The average molecular weight is 390 g/mol. The van der Waals surface area contributed by atoms with Gasteiger partial charge in [-0.15, -0.1) is 0 Å². The first-order chi connectivity index (χ1) is 13.5. The molecule has 0 aliphatic carbocycles. The normalized spacial score (nSPS) is 11.1. The summed E-state index contributed by atoms with van der Waals surface area (Å²) in [5, 5.41) is 1.20. The number of fused-ring (bicyclic) bond motifs is 1. The maximum absolute atomic E-state index is 13.4. The number of hydrogen-bond acceptors (Lipinski definition) is 5. The number of aromatic nitrogens is 4. The molecule has 4 aromatic rings. The fourth-order valence-corrected chi connectivity index (χ4v) is 3.96. The molecule has 0 radical (unpaired) electrons. The summed E-state index contributed by atoms with van der Waals surface area (Å²) in [5.41, 5.74) is 2.87. The Hall–Kier alpha value is -3.19. The van der Waals surface area contributed by atoms with Gasteiger partial charge in [-0.25, -0.2) is 9.78 Å². The van der Waals surface area contributed by atoms with E-state index in [9.17, 15) is 9.59 Å². The predicted molar refractivity (Wildman–Crippen MR) is 111 cm³/mol.